The fourth-order valence-electron chi connectivity index (χ4n) is 2.41. The van der Waals surface area contributed by atoms with Gasteiger partial charge in [0.05, 0.1) is 23.7 Å². The first-order valence-electron chi connectivity index (χ1n) is 7.44. The summed E-state index contributed by atoms with van der Waals surface area (Å²) in [6, 6.07) is 8.10. The van der Waals surface area contributed by atoms with Gasteiger partial charge in [0.1, 0.15) is 5.82 Å². The van der Waals surface area contributed by atoms with Gasteiger partial charge >= 0.3 is 0 Å². The van der Waals surface area contributed by atoms with Crippen molar-refractivity contribution in [1.29, 1.82) is 0 Å². The summed E-state index contributed by atoms with van der Waals surface area (Å²) in [5.74, 6) is 1.64. The molecule has 2 N–H and O–H groups in total. The van der Waals surface area contributed by atoms with Crippen LogP contribution >= 0.6 is 0 Å². The molecule has 1 heterocycles. The van der Waals surface area contributed by atoms with Crippen LogP contribution in [0.1, 0.15) is 26.6 Å². The number of fused-ring (bicyclic) bond motifs is 1. The van der Waals surface area contributed by atoms with E-state index in [1.54, 1.807) is 0 Å². The molecule has 4 nitrogen and oxygen atoms in total. The monoisotopic (exact) mass is 275 g/mol. The maximum absolute atomic E-state index is 10.2. The maximum Gasteiger partial charge on any atom is 0.109 e. The lowest BCUT2D eigenvalue weighted by Crippen LogP contribution is -2.32. The van der Waals surface area contributed by atoms with Gasteiger partial charge in [0.15, 0.2) is 0 Å². The maximum atomic E-state index is 10.2. The zero-order chi connectivity index (χ0) is 14.5. The second kappa shape index (κ2) is 6.86. The van der Waals surface area contributed by atoms with E-state index in [1.165, 1.54) is 0 Å². The molecule has 0 aliphatic rings. The summed E-state index contributed by atoms with van der Waals surface area (Å²) >= 11 is 0. The molecule has 1 atom stereocenters. The van der Waals surface area contributed by atoms with Crippen molar-refractivity contribution in [1.82, 2.24) is 14.9 Å². The first-order chi connectivity index (χ1) is 9.61. The fourth-order valence-corrected chi connectivity index (χ4v) is 2.41. The van der Waals surface area contributed by atoms with Crippen LogP contribution < -0.4 is 5.32 Å². The van der Waals surface area contributed by atoms with Gasteiger partial charge in [-0.1, -0.05) is 32.9 Å². The quantitative estimate of drug-likeness (QED) is 0.814. The van der Waals surface area contributed by atoms with E-state index in [4.69, 9.17) is 0 Å². The third-order valence-corrected chi connectivity index (χ3v) is 3.38. The lowest BCUT2D eigenvalue weighted by Gasteiger charge is -2.16. The SMILES string of the molecule is CCc1nc2ccccc2n1CC(O)CNCC(C)C. The van der Waals surface area contributed by atoms with E-state index in [-0.39, 0.29) is 0 Å². The van der Waals surface area contributed by atoms with Crippen LogP contribution in [-0.2, 0) is 13.0 Å². The van der Waals surface area contributed by atoms with Gasteiger partial charge in [0.25, 0.3) is 0 Å². The number of hydrogen-bond donors (Lipinski definition) is 2. The van der Waals surface area contributed by atoms with Crippen LogP contribution in [0.4, 0.5) is 0 Å². The molecule has 0 saturated heterocycles. The molecule has 0 amide bonds. The van der Waals surface area contributed by atoms with Crippen molar-refractivity contribution in [3.05, 3.63) is 30.1 Å². The second-order valence-electron chi connectivity index (χ2n) is 5.69. The molecule has 0 aliphatic carbocycles. The molecule has 1 aromatic heterocycles. The van der Waals surface area contributed by atoms with Crippen LogP contribution in [0.3, 0.4) is 0 Å². The van der Waals surface area contributed by atoms with Crippen molar-refractivity contribution < 1.29 is 5.11 Å². The molecule has 0 saturated carbocycles. The third-order valence-electron chi connectivity index (χ3n) is 3.38. The Balaban J connectivity index is 2.08. The van der Waals surface area contributed by atoms with Gasteiger partial charge in [0, 0.05) is 13.0 Å². The van der Waals surface area contributed by atoms with Crippen molar-refractivity contribution >= 4 is 11.0 Å². The largest absolute Gasteiger partial charge is 0.390 e. The van der Waals surface area contributed by atoms with Crippen molar-refractivity contribution in [2.45, 2.75) is 39.8 Å². The van der Waals surface area contributed by atoms with Gasteiger partial charge in [-0.3, -0.25) is 0 Å². The molecule has 0 radical (unpaired) electrons. The number of nitrogens with zero attached hydrogens (tertiary/aromatic N) is 2. The highest BCUT2D eigenvalue weighted by molar-refractivity contribution is 5.75. The Bertz CT molecular complexity index is 548. The Morgan fingerprint density at radius 2 is 2.00 bits per heavy atom. The standard InChI is InChI=1S/C16H25N3O/c1-4-16-18-14-7-5-6-8-15(14)19(16)11-13(20)10-17-9-12(2)3/h5-8,12-13,17,20H,4,9-11H2,1-3H3. The molecule has 110 valence electrons. The van der Waals surface area contributed by atoms with Crippen LogP contribution in [0, 0.1) is 5.92 Å². The predicted molar refractivity (Wildman–Crippen MR) is 82.8 cm³/mol. The molecule has 4 heteroatoms. The Labute approximate surface area is 120 Å². The molecule has 2 rings (SSSR count). The van der Waals surface area contributed by atoms with Gasteiger partial charge in [-0.2, -0.15) is 0 Å². The summed E-state index contributed by atoms with van der Waals surface area (Å²) in [7, 11) is 0. The lowest BCUT2D eigenvalue weighted by molar-refractivity contribution is 0.151. The summed E-state index contributed by atoms with van der Waals surface area (Å²) in [5, 5.41) is 13.5. The normalized spacial score (nSPS) is 13.2. The predicted octanol–water partition coefficient (Wildman–Crippen LogP) is 2.21. The van der Waals surface area contributed by atoms with Crippen LogP contribution in [0.15, 0.2) is 24.3 Å². The number of hydrogen-bond acceptors (Lipinski definition) is 3. The summed E-state index contributed by atoms with van der Waals surface area (Å²) in [4.78, 5) is 4.62. The van der Waals surface area contributed by atoms with Crippen LogP contribution in [0.5, 0.6) is 0 Å². The van der Waals surface area contributed by atoms with E-state index >= 15 is 0 Å². The summed E-state index contributed by atoms with van der Waals surface area (Å²) in [6.45, 7) is 8.57. The number of benzene rings is 1. The van der Waals surface area contributed by atoms with E-state index in [0.29, 0.717) is 19.0 Å². The van der Waals surface area contributed by atoms with Crippen molar-refractivity contribution in [2.24, 2.45) is 5.92 Å². The van der Waals surface area contributed by atoms with Crippen LogP contribution in [0.25, 0.3) is 11.0 Å². The number of aliphatic hydroxyl groups is 1. The Morgan fingerprint density at radius 1 is 1.25 bits per heavy atom. The fraction of sp³-hybridized carbons (Fsp3) is 0.562. The van der Waals surface area contributed by atoms with Crippen molar-refractivity contribution in [3.8, 4) is 0 Å². The summed E-state index contributed by atoms with van der Waals surface area (Å²) in [6.07, 6.45) is 0.484. The average Bonchev–Trinajstić information content (AvgIpc) is 2.76. The molecule has 1 aromatic carbocycles. The zero-order valence-corrected chi connectivity index (χ0v) is 12.6. The number of rotatable bonds is 7. The van der Waals surface area contributed by atoms with Crippen molar-refractivity contribution in [2.75, 3.05) is 13.1 Å². The van der Waals surface area contributed by atoms with Gasteiger partial charge in [-0.05, 0) is 24.6 Å². The van der Waals surface area contributed by atoms with E-state index in [2.05, 4.69) is 41.7 Å². The number of nitrogens with one attached hydrogen (secondary N) is 1. The van der Waals surface area contributed by atoms with E-state index in [1.807, 2.05) is 18.2 Å². The van der Waals surface area contributed by atoms with Crippen LogP contribution in [0.2, 0.25) is 0 Å². The Hall–Kier alpha value is -1.39. The first-order valence-corrected chi connectivity index (χ1v) is 7.44. The summed E-state index contributed by atoms with van der Waals surface area (Å²) < 4.78 is 2.14. The second-order valence-corrected chi connectivity index (χ2v) is 5.69. The molecule has 0 spiro atoms. The number of imidazole rings is 1. The minimum absolute atomic E-state index is 0.392. The number of para-hydroxylation sites is 2. The van der Waals surface area contributed by atoms with Gasteiger partial charge in [-0.15, -0.1) is 0 Å². The molecule has 1 unspecified atom stereocenters. The highest BCUT2D eigenvalue weighted by Gasteiger charge is 2.12. The molecular weight excluding hydrogens is 250 g/mol. The smallest absolute Gasteiger partial charge is 0.109 e. The van der Waals surface area contributed by atoms with E-state index in [9.17, 15) is 5.11 Å². The van der Waals surface area contributed by atoms with Gasteiger partial charge in [-0.25, -0.2) is 4.98 Å². The van der Waals surface area contributed by atoms with Gasteiger partial charge in [0.2, 0.25) is 0 Å². The van der Waals surface area contributed by atoms with Gasteiger partial charge < -0.3 is 15.0 Å². The Morgan fingerprint density at radius 3 is 2.70 bits per heavy atom. The highest BCUT2D eigenvalue weighted by atomic mass is 16.3. The Kier molecular flexibility index (Phi) is 5.15. The molecule has 20 heavy (non-hydrogen) atoms. The topological polar surface area (TPSA) is 50.1 Å². The number of aliphatic hydroxyl groups excluding tert-OH is 1. The van der Waals surface area contributed by atoms with Crippen LogP contribution in [-0.4, -0.2) is 33.9 Å². The highest BCUT2D eigenvalue weighted by Crippen LogP contribution is 2.16. The number of aromatic nitrogens is 2. The number of aryl methyl sites for hydroxylation is 1. The van der Waals surface area contributed by atoms with E-state index in [0.717, 1.165) is 29.8 Å². The molecule has 0 fully saturated rings. The molecule has 0 bridgehead atoms. The minimum Gasteiger partial charge on any atom is -0.390 e. The van der Waals surface area contributed by atoms with E-state index < -0.39 is 6.10 Å². The first kappa shape index (κ1) is 15.0. The minimum atomic E-state index is -0.392. The summed E-state index contributed by atoms with van der Waals surface area (Å²) in [5.41, 5.74) is 2.11. The molecular formula is C16H25N3O. The third kappa shape index (κ3) is 3.58. The van der Waals surface area contributed by atoms with Crippen molar-refractivity contribution in [3.63, 3.8) is 0 Å². The average molecular weight is 275 g/mol. The molecule has 2 aromatic rings. The molecule has 0 aliphatic heterocycles. The zero-order valence-electron chi connectivity index (χ0n) is 12.6. The lowest BCUT2D eigenvalue weighted by atomic mass is 10.2.